The first-order valence-electron chi connectivity index (χ1n) is 11.5. The van der Waals surface area contributed by atoms with E-state index in [0.29, 0.717) is 15.6 Å². The molecule has 0 spiro atoms. The van der Waals surface area contributed by atoms with Gasteiger partial charge in [0.05, 0.1) is 15.7 Å². The smallest absolute Gasteiger partial charge is 0.274 e. The minimum Gasteiger partial charge on any atom is -0.364 e. The Balaban J connectivity index is 1.64. The number of halogens is 2. The van der Waals surface area contributed by atoms with E-state index >= 15 is 0 Å². The molecule has 0 saturated carbocycles. The van der Waals surface area contributed by atoms with Crippen LogP contribution in [0.25, 0.3) is 0 Å². The number of benzene rings is 2. The number of aryl methyl sites for hydroxylation is 1. The second-order valence-electron chi connectivity index (χ2n) is 8.66. The SMILES string of the molecule is NC(=O)c1ccc(C2CCc3ccccc3C2c2cccnc2)c(C(=O)Nc2c(Cl)cccc2Cl)n1. The molecule has 2 heterocycles. The highest BCUT2D eigenvalue weighted by molar-refractivity contribution is 6.40. The predicted octanol–water partition coefficient (Wildman–Crippen LogP) is 6.00. The number of carbonyl (C=O) groups excluding carboxylic acids is 2. The molecule has 2 aromatic heterocycles. The fourth-order valence-corrected chi connectivity index (χ4v) is 5.44. The van der Waals surface area contributed by atoms with Crippen molar-refractivity contribution in [1.29, 1.82) is 0 Å². The van der Waals surface area contributed by atoms with Crippen molar-refractivity contribution in [3.8, 4) is 0 Å². The Morgan fingerprint density at radius 1 is 0.917 bits per heavy atom. The summed E-state index contributed by atoms with van der Waals surface area (Å²) < 4.78 is 0. The zero-order valence-corrected chi connectivity index (χ0v) is 20.6. The van der Waals surface area contributed by atoms with E-state index in [9.17, 15) is 9.59 Å². The van der Waals surface area contributed by atoms with Crippen molar-refractivity contribution < 1.29 is 9.59 Å². The molecule has 3 N–H and O–H groups in total. The Labute approximate surface area is 218 Å². The Morgan fingerprint density at radius 2 is 1.69 bits per heavy atom. The van der Waals surface area contributed by atoms with Gasteiger partial charge in [-0.15, -0.1) is 0 Å². The maximum atomic E-state index is 13.6. The van der Waals surface area contributed by atoms with Gasteiger partial charge in [-0.2, -0.15) is 0 Å². The number of hydrogen-bond acceptors (Lipinski definition) is 4. The third-order valence-electron chi connectivity index (χ3n) is 6.56. The van der Waals surface area contributed by atoms with E-state index in [0.717, 1.165) is 18.4 Å². The molecule has 4 aromatic rings. The van der Waals surface area contributed by atoms with Crippen LogP contribution in [0.4, 0.5) is 5.69 Å². The number of primary amides is 1. The number of anilines is 1. The maximum Gasteiger partial charge on any atom is 0.274 e. The monoisotopic (exact) mass is 516 g/mol. The number of nitrogens with one attached hydrogen (secondary N) is 1. The highest BCUT2D eigenvalue weighted by Gasteiger charge is 2.35. The van der Waals surface area contributed by atoms with E-state index in [2.05, 4.69) is 27.4 Å². The quantitative estimate of drug-likeness (QED) is 0.340. The number of pyridine rings is 2. The van der Waals surface area contributed by atoms with Crippen molar-refractivity contribution in [2.45, 2.75) is 24.7 Å². The highest BCUT2D eigenvalue weighted by Crippen LogP contribution is 2.47. The average molecular weight is 517 g/mol. The fraction of sp³-hybridized carbons (Fsp3) is 0.143. The minimum absolute atomic E-state index is 0.00305. The van der Waals surface area contributed by atoms with Crippen molar-refractivity contribution in [3.63, 3.8) is 0 Å². The van der Waals surface area contributed by atoms with Crippen LogP contribution in [0.3, 0.4) is 0 Å². The normalized spacial score (nSPS) is 16.7. The second kappa shape index (κ2) is 10.1. The lowest BCUT2D eigenvalue weighted by Crippen LogP contribution is -2.26. The maximum absolute atomic E-state index is 13.6. The third-order valence-corrected chi connectivity index (χ3v) is 7.19. The first-order chi connectivity index (χ1) is 17.4. The lowest BCUT2D eigenvalue weighted by molar-refractivity contribution is 0.0995. The first kappa shape index (κ1) is 24.0. The van der Waals surface area contributed by atoms with Crippen LogP contribution >= 0.6 is 23.2 Å². The summed E-state index contributed by atoms with van der Waals surface area (Å²) in [6.45, 7) is 0. The number of para-hydroxylation sites is 1. The van der Waals surface area contributed by atoms with E-state index in [1.165, 1.54) is 11.1 Å². The van der Waals surface area contributed by atoms with Crippen LogP contribution in [0.2, 0.25) is 10.0 Å². The summed E-state index contributed by atoms with van der Waals surface area (Å²) in [6.07, 6.45) is 5.21. The number of fused-ring (bicyclic) bond motifs is 1. The largest absolute Gasteiger partial charge is 0.364 e. The molecule has 0 aliphatic heterocycles. The Bertz CT molecular complexity index is 1440. The number of hydrogen-bond donors (Lipinski definition) is 2. The molecule has 0 radical (unpaired) electrons. The van der Waals surface area contributed by atoms with Crippen molar-refractivity contribution in [2.75, 3.05) is 5.32 Å². The predicted molar refractivity (Wildman–Crippen MR) is 141 cm³/mol. The zero-order chi connectivity index (χ0) is 25.2. The summed E-state index contributed by atoms with van der Waals surface area (Å²) in [6, 6.07) is 20.6. The van der Waals surface area contributed by atoms with Crippen LogP contribution in [0.15, 0.2) is 79.1 Å². The molecule has 0 saturated heterocycles. The van der Waals surface area contributed by atoms with Crippen molar-refractivity contribution >= 4 is 40.7 Å². The van der Waals surface area contributed by atoms with Crippen LogP contribution in [0.5, 0.6) is 0 Å². The number of nitrogens with zero attached hydrogens (tertiary/aromatic N) is 2. The van der Waals surface area contributed by atoms with Gasteiger partial charge in [-0.25, -0.2) is 4.98 Å². The van der Waals surface area contributed by atoms with Gasteiger partial charge >= 0.3 is 0 Å². The lowest BCUT2D eigenvalue weighted by atomic mass is 9.69. The number of nitrogens with two attached hydrogens (primary N) is 1. The second-order valence-corrected chi connectivity index (χ2v) is 9.47. The van der Waals surface area contributed by atoms with Gasteiger partial charge in [0.2, 0.25) is 0 Å². The molecule has 180 valence electrons. The van der Waals surface area contributed by atoms with Gasteiger partial charge in [0.25, 0.3) is 11.8 Å². The van der Waals surface area contributed by atoms with Crippen LogP contribution in [0.1, 0.15) is 61.5 Å². The molecule has 1 aliphatic rings. The Morgan fingerprint density at radius 3 is 2.42 bits per heavy atom. The first-order valence-corrected chi connectivity index (χ1v) is 12.2. The van der Waals surface area contributed by atoms with E-state index in [1.54, 1.807) is 36.5 Å². The van der Waals surface area contributed by atoms with Crippen LogP contribution in [0, 0.1) is 0 Å². The summed E-state index contributed by atoms with van der Waals surface area (Å²) in [5.74, 6) is -1.39. The molecular weight excluding hydrogens is 495 g/mol. The topological polar surface area (TPSA) is 98.0 Å². The van der Waals surface area contributed by atoms with Gasteiger partial charge in [-0.3, -0.25) is 14.6 Å². The van der Waals surface area contributed by atoms with E-state index < -0.39 is 11.8 Å². The Hall–Kier alpha value is -3.74. The van der Waals surface area contributed by atoms with Gasteiger partial charge in [0.15, 0.2) is 0 Å². The summed E-state index contributed by atoms with van der Waals surface area (Å²) in [5, 5.41) is 3.37. The summed E-state index contributed by atoms with van der Waals surface area (Å²) in [4.78, 5) is 34.3. The molecule has 0 bridgehead atoms. The van der Waals surface area contributed by atoms with Crippen molar-refractivity contribution in [3.05, 3.63) is 123 Å². The number of carbonyl (C=O) groups is 2. The standard InChI is InChI=1S/C28H22Cl2N4O2/c29-21-8-3-9-22(30)26(21)34-28(36)25-20(12-13-23(33-25)27(31)35)19-11-10-16-5-1-2-7-18(16)24(19)17-6-4-14-32-15-17/h1-9,12-15,19,24H,10-11H2,(H2,31,35)(H,34,36). The van der Waals surface area contributed by atoms with E-state index in [1.807, 2.05) is 30.5 Å². The van der Waals surface area contributed by atoms with Crippen LogP contribution in [-0.2, 0) is 6.42 Å². The number of rotatable bonds is 5. The van der Waals surface area contributed by atoms with E-state index in [4.69, 9.17) is 28.9 Å². The van der Waals surface area contributed by atoms with Gasteiger partial charge in [0.1, 0.15) is 11.4 Å². The lowest BCUT2D eigenvalue weighted by Gasteiger charge is -2.35. The summed E-state index contributed by atoms with van der Waals surface area (Å²) in [5.41, 5.74) is 10.1. The van der Waals surface area contributed by atoms with Gasteiger partial charge < -0.3 is 11.1 Å². The Kier molecular flexibility index (Phi) is 6.72. The van der Waals surface area contributed by atoms with Gasteiger partial charge in [-0.05, 0) is 65.3 Å². The van der Waals surface area contributed by atoms with Gasteiger partial charge in [-0.1, -0.05) is 65.7 Å². The van der Waals surface area contributed by atoms with Crippen molar-refractivity contribution in [2.24, 2.45) is 5.73 Å². The number of amides is 2. The molecule has 8 heteroatoms. The molecule has 2 unspecified atom stereocenters. The van der Waals surface area contributed by atoms with Crippen molar-refractivity contribution in [1.82, 2.24) is 9.97 Å². The van der Waals surface area contributed by atoms with E-state index in [-0.39, 0.29) is 28.9 Å². The molecule has 6 nitrogen and oxygen atoms in total. The van der Waals surface area contributed by atoms with Gasteiger partial charge in [0, 0.05) is 18.3 Å². The molecule has 36 heavy (non-hydrogen) atoms. The van der Waals surface area contributed by atoms with Crippen LogP contribution in [-0.4, -0.2) is 21.8 Å². The molecule has 2 atom stereocenters. The minimum atomic E-state index is -0.718. The molecule has 1 aliphatic carbocycles. The van der Waals surface area contributed by atoms with Crippen LogP contribution < -0.4 is 11.1 Å². The molecular formula is C28H22Cl2N4O2. The summed E-state index contributed by atoms with van der Waals surface area (Å²) in [7, 11) is 0. The summed E-state index contributed by atoms with van der Waals surface area (Å²) >= 11 is 12.6. The highest BCUT2D eigenvalue weighted by atomic mass is 35.5. The molecule has 2 aromatic carbocycles. The third kappa shape index (κ3) is 4.57. The average Bonchev–Trinajstić information content (AvgIpc) is 2.90. The zero-order valence-electron chi connectivity index (χ0n) is 19.1. The number of aromatic nitrogens is 2. The molecule has 0 fully saturated rings. The molecule has 5 rings (SSSR count). The molecule has 2 amide bonds. The fourth-order valence-electron chi connectivity index (χ4n) is 4.94.